The molecule has 0 N–H and O–H groups in total. The number of carbonyl (C=O) groups excluding carboxylic acids is 1. The van der Waals surface area contributed by atoms with Crippen molar-refractivity contribution in [2.45, 2.75) is 38.7 Å². The third-order valence-electron chi connectivity index (χ3n) is 4.72. The Morgan fingerprint density at radius 3 is 3.04 bits per heavy atom. The van der Waals surface area contributed by atoms with Crippen LogP contribution < -0.4 is 0 Å². The molecule has 3 rings (SSSR count). The summed E-state index contributed by atoms with van der Waals surface area (Å²) in [6.07, 6.45) is 3.94. The molecule has 1 atom stereocenters. The Morgan fingerprint density at radius 2 is 2.27 bits per heavy atom. The maximum Gasteiger partial charge on any atom is 0.227 e. The van der Waals surface area contributed by atoms with Crippen LogP contribution in [-0.2, 0) is 22.6 Å². The molecule has 1 aliphatic heterocycles. The van der Waals surface area contributed by atoms with Crippen molar-refractivity contribution in [1.29, 1.82) is 0 Å². The topological polar surface area (TPSA) is 55.3 Å². The van der Waals surface area contributed by atoms with Gasteiger partial charge in [0, 0.05) is 37.9 Å². The summed E-state index contributed by atoms with van der Waals surface area (Å²) in [7, 11) is 1.65. The van der Waals surface area contributed by atoms with E-state index in [1.165, 1.54) is 12.1 Å². The van der Waals surface area contributed by atoms with Gasteiger partial charge in [0.2, 0.25) is 5.91 Å². The molecule has 0 aliphatic carbocycles. The largest absolute Gasteiger partial charge is 0.380 e. The maximum atomic E-state index is 13.3. The van der Waals surface area contributed by atoms with E-state index in [1.807, 2.05) is 18.0 Å². The van der Waals surface area contributed by atoms with Crippen LogP contribution in [0.5, 0.6) is 0 Å². The van der Waals surface area contributed by atoms with E-state index >= 15 is 0 Å². The lowest BCUT2D eigenvalue weighted by atomic mass is 9.91. The molecule has 6 heteroatoms. The number of methoxy groups -OCH3 is 1. The number of aromatic nitrogens is 2. The molecule has 0 saturated carbocycles. The average molecular weight is 357 g/mol. The summed E-state index contributed by atoms with van der Waals surface area (Å²) < 4.78 is 18.6. The first-order valence-corrected chi connectivity index (χ1v) is 8.90. The van der Waals surface area contributed by atoms with Gasteiger partial charge in [-0.3, -0.25) is 4.79 Å². The van der Waals surface area contributed by atoms with Crippen molar-refractivity contribution in [1.82, 2.24) is 14.9 Å². The highest BCUT2D eigenvalue weighted by molar-refractivity contribution is 5.79. The molecule has 0 bridgehead atoms. The molecule has 1 aromatic heterocycles. The Labute approximate surface area is 153 Å². The van der Waals surface area contributed by atoms with E-state index in [2.05, 4.69) is 9.97 Å². The first-order valence-electron chi connectivity index (χ1n) is 8.90. The lowest BCUT2D eigenvalue weighted by Gasteiger charge is -2.33. The molecule has 1 aliphatic rings. The second-order valence-electron chi connectivity index (χ2n) is 6.75. The third kappa shape index (κ3) is 4.43. The van der Waals surface area contributed by atoms with Crippen molar-refractivity contribution < 1.29 is 13.9 Å². The fourth-order valence-corrected chi connectivity index (χ4v) is 3.49. The smallest absolute Gasteiger partial charge is 0.227 e. The minimum Gasteiger partial charge on any atom is -0.380 e. The summed E-state index contributed by atoms with van der Waals surface area (Å²) in [5, 5.41) is 0. The number of aryl methyl sites for hydroxylation is 1. The minimum absolute atomic E-state index is 0.0272. The fraction of sp³-hybridized carbons (Fsp3) is 0.450. The van der Waals surface area contributed by atoms with E-state index in [9.17, 15) is 9.18 Å². The van der Waals surface area contributed by atoms with Gasteiger partial charge in [0.15, 0.2) is 0 Å². The molecule has 2 aromatic rings. The number of nitrogens with zero attached hydrogens (tertiary/aromatic N) is 3. The summed E-state index contributed by atoms with van der Waals surface area (Å²) in [5.41, 5.74) is 2.65. The predicted octanol–water partition coefficient (Wildman–Crippen LogP) is 3.02. The van der Waals surface area contributed by atoms with Crippen LogP contribution in [0.3, 0.4) is 0 Å². The number of carbonyl (C=O) groups is 1. The molecular formula is C20H24FN3O2. The highest BCUT2D eigenvalue weighted by atomic mass is 19.1. The summed E-state index contributed by atoms with van der Waals surface area (Å²) in [5.74, 6) is 0.613. The van der Waals surface area contributed by atoms with Gasteiger partial charge in [0.1, 0.15) is 11.6 Å². The quantitative estimate of drug-likeness (QED) is 0.825. The molecule has 0 spiro atoms. The van der Waals surface area contributed by atoms with Crippen LogP contribution in [-0.4, -0.2) is 41.0 Å². The number of ether oxygens (including phenoxy) is 1. The van der Waals surface area contributed by atoms with Gasteiger partial charge in [-0.2, -0.15) is 0 Å². The van der Waals surface area contributed by atoms with Gasteiger partial charge in [0.05, 0.1) is 18.7 Å². The van der Waals surface area contributed by atoms with Gasteiger partial charge >= 0.3 is 0 Å². The third-order valence-corrected chi connectivity index (χ3v) is 4.72. The van der Waals surface area contributed by atoms with E-state index in [0.29, 0.717) is 18.7 Å². The average Bonchev–Trinajstić information content (AvgIpc) is 2.63. The standard InChI is InChI=1S/C20H24FN3O2/c1-14-22-11-17(13-26-2)20(23-14)16-6-4-8-24(12-16)19(25)10-15-5-3-7-18(21)9-15/h3,5,7,9,11,16H,4,6,8,10,12-13H2,1-2H3. The zero-order valence-electron chi connectivity index (χ0n) is 15.2. The van der Waals surface area contributed by atoms with Gasteiger partial charge in [-0.05, 0) is 37.5 Å². The number of halogens is 1. The fourth-order valence-electron chi connectivity index (χ4n) is 3.49. The van der Waals surface area contributed by atoms with Crippen LogP contribution in [0.1, 0.15) is 41.4 Å². The van der Waals surface area contributed by atoms with Gasteiger partial charge in [0.25, 0.3) is 0 Å². The Morgan fingerprint density at radius 1 is 1.42 bits per heavy atom. The summed E-state index contributed by atoms with van der Waals surface area (Å²) >= 11 is 0. The Kier molecular flexibility index (Phi) is 5.93. The molecule has 2 heterocycles. The van der Waals surface area contributed by atoms with Gasteiger partial charge < -0.3 is 9.64 Å². The molecule has 138 valence electrons. The Balaban J connectivity index is 1.73. The molecule has 1 unspecified atom stereocenters. The molecule has 26 heavy (non-hydrogen) atoms. The van der Waals surface area contributed by atoms with E-state index in [4.69, 9.17) is 4.74 Å². The number of amides is 1. The van der Waals surface area contributed by atoms with Gasteiger partial charge in [-0.1, -0.05) is 12.1 Å². The number of piperidine rings is 1. The van der Waals surface area contributed by atoms with Crippen LogP contribution in [0, 0.1) is 12.7 Å². The number of rotatable bonds is 5. The van der Waals surface area contributed by atoms with Crippen LogP contribution >= 0.6 is 0 Å². The first-order chi connectivity index (χ1) is 12.6. The zero-order valence-corrected chi connectivity index (χ0v) is 15.2. The second-order valence-corrected chi connectivity index (χ2v) is 6.75. The van der Waals surface area contributed by atoms with Crippen molar-refractivity contribution in [2.75, 3.05) is 20.2 Å². The minimum atomic E-state index is -0.313. The molecule has 1 aromatic carbocycles. The molecule has 5 nitrogen and oxygen atoms in total. The molecule has 1 fully saturated rings. The lowest BCUT2D eigenvalue weighted by Crippen LogP contribution is -2.40. The van der Waals surface area contributed by atoms with Crippen molar-refractivity contribution in [2.24, 2.45) is 0 Å². The zero-order chi connectivity index (χ0) is 18.5. The Hall–Kier alpha value is -2.34. The second kappa shape index (κ2) is 8.36. The monoisotopic (exact) mass is 357 g/mol. The van der Waals surface area contributed by atoms with E-state index < -0.39 is 0 Å². The Bertz CT molecular complexity index is 781. The first kappa shape index (κ1) is 18.5. The highest BCUT2D eigenvalue weighted by Crippen LogP contribution is 2.28. The van der Waals surface area contributed by atoms with Gasteiger partial charge in [-0.15, -0.1) is 0 Å². The van der Waals surface area contributed by atoms with Crippen LogP contribution in [0.4, 0.5) is 4.39 Å². The summed E-state index contributed by atoms with van der Waals surface area (Å²) in [4.78, 5) is 23.4. The molecule has 1 saturated heterocycles. The maximum absolute atomic E-state index is 13.3. The van der Waals surface area contributed by atoms with Crippen molar-refractivity contribution >= 4 is 5.91 Å². The van der Waals surface area contributed by atoms with E-state index in [1.54, 1.807) is 19.2 Å². The van der Waals surface area contributed by atoms with Gasteiger partial charge in [-0.25, -0.2) is 14.4 Å². The van der Waals surface area contributed by atoms with E-state index in [0.717, 1.165) is 36.5 Å². The summed E-state index contributed by atoms with van der Waals surface area (Å²) in [6, 6.07) is 6.23. The highest BCUT2D eigenvalue weighted by Gasteiger charge is 2.27. The van der Waals surface area contributed by atoms with E-state index in [-0.39, 0.29) is 24.1 Å². The van der Waals surface area contributed by atoms with Crippen LogP contribution in [0.25, 0.3) is 0 Å². The predicted molar refractivity (Wildman–Crippen MR) is 96.1 cm³/mol. The lowest BCUT2D eigenvalue weighted by molar-refractivity contribution is -0.131. The number of hydrogen-bond acceptors (Lipinski definition) is 4. The van der Waals surface area contributed by atoms with Crippen molar-refractivity contribution in [3.05, 3.63) is 58.9 Å². The number of benzene rings is 1. The SMILES string of the molecule is COCc1cnc(C)nc1C1CCCN(C(=O)Cc2cccc(F)c2)C1. The molecule has 1 amide bonds. The van der Waals surface area contributed by atoms with Crippen molar-refractivity contribution in [3.8, 4) is 0 Å². The van der Waals surface area contributed by atoms with Crippen molar-refractivity contribution in [3.63, 3.8) is 0 Å². The number of likely N-dealkylation sites (tertiary alicyclic amines) is 1. The van der Waals surface area contributed by atoms with Crippen LogP contribution in [0.15, 0.2) is 30.5 Å². The van der Waals surface area contributed by atoms with Crippen LogP contribution in [0.2, 0.25) is 0 Å². The number of hydrogen-bond donors (Lipinski definition) is 0. The molecule has 0 radical (unpaired) electrons. The normalized spacial score (nSPS) is 17.3. The molecular weight excluding hydrogens is 333 g/mol. The summed E-state index contributed by atoms with van der Waals surface area (Å²) in [6.45, 7) is 3.69.